The second kappa shape index (κ2) is 9.46. The lowest BCUT2D eigenvalue weighted by Gasteiger charge is -2.39. The smallest absolute Gasteiger partial charge is 0.383 e. The molecule has 0 aliphatic carbocycles. The molecule has 0 saturated carbocycles. The number of alkyl halides is 3. The lowest BCUT2D eigenvalue weighted by atomic mass is 9.87. The molecule has 7 nitrogen and oxygen atoms in total. The van der Waals surface area contributed by atoms with Gasteiger partial charge in [-0.1, -0.05) is 36.4 Å². The standard InChI is InChI=1S/C27H27F3N6OS/c1-38(37)24-23(18-11-19-8-9-20(12-18)35(19)15-27(28,29)30)34-26-21(14-33-36(26)25(24)31)17-7-10-22(32-13-17)16-5-3-2-4-6-16/h2-7,10,13-14,18-20H,8-9,11-12,15,31H2,1H3. The number of anilines is 1. The number of benzene rings is 1. The van der Waals surface area contributed by atoms with Crippen molar-refractivity contribution in [1.82, 2.24) is 24.5 Å². The van der Waals surface area contributed by atoms with Gasteiger partial charge in [-0.3, -0.25) is 14.1 Å². The normalized spacial score (nSPS) is 22.7. The van der Waals surface area contributed by atoms with E-state index in [0.29, 0.717) is 29.1 Å². The molecule has 5 heterocycles. The summed E-state index contributed by atoms with van der Waals surface area (Å²) in [5.74, 6) is 0.112. The topological polar surface area (TPSA) is 89.4 Å². The summed E-state index contributed by atoms with van der Waals surface area (Å²) in [5.41, 5.74) is 11.0. The van der Waals surface area contributed by atoms with Crippen molar-refractivity contribution in [1.29, 1.82) is 0 Å². The number of hydrogen-bond donors (Lipinski definition) is 1. The van der Waals surface area contributed by atoms with Crippen LogP contribution in [0.4, 0.5) is 19.0 Å². The van der Waals surface area contributed by atoms with Crippen LogP contribution < -0.4 is 5.73 Å². The fourth-order valence-corrected chi connectivity index (χ4v) is 6.98. The maximum absolute atomic E-state index is 13.2. The predicted octanol–water partition coefficient (Wildman–Crippen LogP) is 5.05. The van der Waals surface area contributed by atoms with Crippen molar-refractivity contribution in [2.75, 3.05) is 18.5 Å². The van der Waals surface area contributed by atoms with Crippen LogP contribution in [0.2, 0.25) is 0 Å². The van der Waals surface area contributed by atoms with Gasteiger partial charge in [0.15, 0.2) is 5.65 Å². The Balaban J connectivity index is 1.38. The summed E-state index contributed by atoms with van der Waals surface area (Å²) in [6.45, 7) is -0.894. The highest BCUT2D eigenvalue weighted by Crippen LogP contribution is 2.45. The van der Waals surface area contributed by atoms with E-state index < -0.39 is 23.5 Å². The third-order valence-electron chi connectivity index (χ3n) is 7.73. The molecule has 0 amide bonds. The predicted molar refractivity (Wildman–Crippen MR) is 140 cm³/mol. The minimum atomic E-state index is -4.23. The molecule has 11 heteroatoms. The third-order valence-corrected chi connectivity index (χ3v) is 8.72. The molecule has 38 heavy (non-hydrogen) atoms. The van der Waals surface area contributed by atoms with Gasteiger partial charge in [0.2, 0.25) is 0 Å². The summed E-state index contributed by atoms with van der Waals surface area (Å²) in [7, 11) is -1.45. The molecule has 3 atom stereocenters. The number of piperidine rings is 1. The number of halogens is 3. The first-order valence-electron chi connectivity index (χ1n) is 12.5. The average molecular weight is 541 g/mol. The Hall–Kier alpha value is -3.31. The molecular weight excluding hydrogens is 513 g/mol. The number of pyridine rings is 1. The highest BCUT2D eigenvalue weighted by Gasteiger charge is 2.46. The van der Waals surface area contributed by atoms with E-state index in [1.165, 1.54) is 4.52 Å². The van der Waals surface area contributed by atoms with Gasteiger partial charge in [-0.15, -0.1) is 0 Å². The van der Waals surface area contributed by atoms with E-state index in [9.17, 15) is 17.4 Å². The van der Waals surface area contributed by atoms with Crippen LogP contribution in [0.15, 0.2) is 59.8 Å². The summed E-state index contributed by atoms with van der Waals surface area (Å²) in [5, 5.41) is 4.43. The molecule has 2 N–H and O–H groups in total. The molecule has 2 fully saturated rings. The third kappa shape index (κ3) is 4.47. The number of rotatable bonds is 5. The monoisotopic (exact) mass is 540 g/mol. The Labute approximate surface area is 220 Å². The Bertz CT molecular complexity index is 1490. The number of fused-ring (bicyclic) bond motifs is 3. The maximum Gasteiger partial charge on any atom is 0.401 e. The highest BCUT2D eigenvalue weighted by molar-refractivity contribution is 7.84. The SMILES string of the molecule is CS(=O)c1c(C2CC3CCC(C2)N3CC(F)(F)F)nc2c(-c3ccc(-c4ccccc4)nc3)cnn2c1N. The van der Waals surface area contributed by atoms with Crippen molar-refractivity contribution >= 4 is 22.3 Å². The summed E-state index contributed by atoms with van der Waals surface area (Å²) in [6, 6.07) is 13.4. The Kier molecular flexibility index (Phi) is 6.22. The van der Waals surface area contributed by atoms with Crippen LogP contribution in [0, 0.1) is 0 Å². The average Bonchev–Trinajstić information content (AvgIpc) is 3.39. The van der Waals surface area contributed by atoms with Crippen molar-refractivity contribution in [3.8, 4) is 22.4 Å². The fourth-order valence-electron chi connectivity index (χ4n) is 6.09. The van der Waals surface area contributed by atoms with Gasteiger partial charge in [-0.25, -0.2) is 4.98 Å². The van der Waals surface area contributed by atoms with E-state index in [4.69, 9.17) is 10.7 Å². The van der Waals surface area contributed by atoms with E-state index in [2.05, 4.69) is 10.1 Å². The number of hydrogen-bond acceptors (Lipinski definition) is 6. The summed E-state index contributed by atoms with van der Waals surface area (Å²) in [4.78, 5) is 11.6. The lowest BCUT2D eigenvalue weighted by Crippen LogP contribution is -2.47. The van der Waals surface area contributed by atoms with E-state index in [1.807, 2.05) is 42.5 Å². The van der Waals surface area contributed by atoms with Crippen LogP contribution >= 0.6 is 0 Å². The maximum atomic E-state index is 13.2. The first kappa shape index (κ1) is 25.0. The van der Waals surface area contributed by atoms with Gasteiger partial charge in [0, 0.05) is 47.1 Å². The summed E-state index contributed by atoms with van der Waals surface area (Å²) < 4.78 is 53.9. The Morgan fingerprint density at radius 1 is 1.03 bits per heavy atom. The molecule has 1 aromatic carbocycles. The minimum Gasteiger partial charge on any atom is -0.383 e. The molecule has 0 spiro atoms. The van der Waals surface area contributed by atoms with Crippen LogP contribution in [0.5, 0.6) is 0 Å². The summed E-state index contributed by atoms with van der Waals surface area (Å²) in [6.07, 6.45) is 3.23. The highest BCUT2D eigenvalue weighted by atomic mass is 32.2. The zero-order valence-corrected chi connectivity index (χ0v) is 21.5. The van der Waals surface area contributed by atoms with Crippen molar-refractivity contribution in [3.63, 3.8) is 0 Å². The Morgan fingerprint density at radius 3 is 2.34 bits per heavy atom. The molecule has 3 aromatic heterocycles. The fraction of sp³-hybridized carbons (Fsp3) is 0.370. The van der Waals surface area contributed by atoms with Gasteiger partial charge in [0.25, 0.3) is 0 Å². The van der Waals surface area contributed by atoms with Crippen molar-refractivity contribution in [3.05, 3.63) is 60.6 Å². The number of aromatic nitrogens is 4. The number of nitrogens with two attached hydrogens (primary N) is 1. The van der Waals surface area contributed by atoms with Crippen LogP contribution in [-0.2, 0) is 10.8 Å². The van der Waals surface area contributed by atoms with Crippen LogP contribution in [0.3, 0.4) is 0 Å². The van der Waals surface area contributed by atoms with E-state index in [-0.39, 0.29) is 23.8 Å². The Morgan fingerprint density at radius 2 is 1.74 bits per heavy atom. The first-order valence-corrected chi connectivity index (χ1v) is 14.1. The molecule has 6 rings (SSSR count). The van der Waals surface area contributed by atoms with Gasteiger partial charge in [0.05, 0.1) is 34.9 Å². The quantitative estimate of drug-likeness (QED) is 0.381. The second-order valence-electron chi connectivity index (χ2n) is 10.1. The molecule has 3 unspecified atom stereocenters. The van der Waals surface area contributed by atoms with Crippen molar-refractivity contribution in [2.45, 2.75) is 54.8 Å². The van der Waals surface area contributed by atoms with E-state index in [1.54, 1.807) is 23.5 Å². The molecular formula is C27H27F3N6OS. The molecule has 2 saturated heterocycles. The molecule has 198 valence electrons. The van der Waals surface area contributed by atoms with Gasteiger partial charge < -0.3 is 5.73 Å². The van der Waals surface area contributed by atoms with E-state index in [0.717, 1.165) is 35.2 Å². The lowest BCUT2D eigenvalue weighted by molar-refractivity contribution is -0.155. The molecule has 4 aromatic rings. The molecule has 2 aliphatic rings. The first-order chi connectivity index (χ1) is 18.2. The second-order valence-corrected chi connectivity index (χ2v) is 11.4. The molecule has 2 aliphatic heterocycles. The van der Waals surface area contributed by atoms with Crippen molar-refractivity contribution in [2.24, 2.45) is 0 Å². The van der Waals surface area contributed by atoms with Crippen molar-refractivity contribution < 1.29 is 17.4 Å². The molecule has 2 bridgehead atoms. The van der Waals surface area contributed by atoms with Gasteiger partial charge >= 0.3 is 6.18 Å². The largest absolute Gasteiger partial charge is 0.401 e. The zero-order valence-electron chi connectivity index (χ0n) is 20.7. The summed E-state index contributed by atoms with van der Waals surface area (Å²) >= 11 is 0. The van der Waals surface area contributed by atoms with Crippen LogP contribution in [0.25, 0.3) is 28.0 Å². The molecule has 0 radical (unpaired) electrons. The zero-order chi connectivity index (χ0) is 26.6. The van der Waals surface area contributed by atoms with Gasteiger partial charge in [-0.05, 0) is 31.7 Å². The van der Waals surface area contributed by atoms with Gasteiger partial charge in [-0.2, -0.15) is 22.8 Å². The van der Waals surface area contributed by atoms with Crippen LogP contribution in [0.1, 0.15) is 37.3 Å². The minimum absolute atomic E-state index is 0.135. The van der Waals surface area contributed by atoms with E-state index >= 15 is 0 Å². The number of nitrogens with zero attached hydrogens (tertiary/aromatic N) is 5. The van der Waals surface area contributed by atoms with Gasteiger partial charge in [0.1, 0.15) is 10.7 Å². The number of nitrogen functional groups attached to an aromatic ring is 1. The van der Waals surface area contributed by atoms with Crippen LogP contribution in [-0.4, -0.2) is 59.8 Å².